The molecule has 1 aromatic heterocycles. The van der Waals surface area contributed by atoms with Gasteiger partial charge < -0.3 is 0 Å². The number of ketones is 1. The number of carbonyl (C=O) groups excluding carboxylic acids is 1. The lowest BCUT2D eigenvalue weighted by Crippen LogP contribution is -2.32. The molecule has 2 atom stereocenters. The first kappa shape index (κ1) is 14.1. The molecule has 2 unspecified atom stereocenters. The third-order valence-electron chi connectivity index (χ3n) is 5.82. The highest BCUT2D eigenvalue weighted by Crippen LogP contribution is 2.63. The number of Topliss-reactive ketones (excluding diaryl/α,β-unsaturated/α-hetero) is 1. The first-order valence-corrected chi connectivity index (χ1v) is 7.51. The minimum Gasteiger partial charge on any atom is -0.299 e. The van der Waals surface area contributed by atoms with Crippen LogP contribution in [0.3, 0.4) is 0 Å². The summed E-state index contributed by atoms with van der Waals surface area (Å²) < 4.78 is 0. The molecule has 110 valence electrons. The van der Waals surface area contributed by atoms with E-state index in [1.165, 1.54) is 6.42 Å². The number of hydrogen-bond acceptors (Lipinski definition) is 4. The normalized spacial score (nSPS) is 29.3. The molecule has 2 bridgehead atoms. The van der Waals surface area contributed by atoms with E-state index in [1.54, 1.807) is 6.20 Å². The van der Waals surface area contributed by atoms with Crippen LogP contribution in [0.25, 0.3) is 10.9 Å². The summed E-state index contributed by atoms with van der Waals surface area (Å²) in [6, 6.07) is 7.74. The van der Waals surface area contributed by atoms with Gasteiger partial charge in [0.2, 0.25) is 0 Å². The third kappa shape index (κ3) is 2.13. The topological polar surface area (TPSA) is 55.7 Å². The van der Waals surface area contributed by atoms with Crippen LogP contribution in [0.15, 0.2) is 30.5 Å². The molecular weight excluding hydrogens is 262 g/mol. The molecule has 0 spiro atoms. The molecule has 0 saturated heterocycles. The number of rotatable bonds is 0. The molecule has 1 aromatic carbocycles. The highest BCUT2D eigenvalue weighted by molar-refractivity contribution is 5.89. The van der Waals surface area contributed by atoms with Crippen LogP contribution in [0.5, 0.6) is 0 Å². The van der Waals surface area contributed by atoms with Crippen LogP contribution in [0.4, 0.5) is 0 Å². The number of nitrogens with zero attached hydrogens (tertiary/aromatic N) is 3. The summed E-state index contributed by atoms with van der Waals surface area (Å²) in [5.41, 5.74) is 1.19. The van der Waals surface area contributed by atoms with Crippen LogP contribution in [-0.4, -0.2) is 21.2 Å². The quantitative estimate of drug-likeness (QED) is 0.743. The van der Waals surface area contributed by atoms with E-state index >= 15 is 0 Å². The van der Waals surface area contributed by atoms with E-state index in [2.05, 4.69) is 36.2 Å². The van der Waals surface area contributed by atoms with Gasteiger partial charge in [-0.15, -0.1) is 10.2 Å². The van der Waals surface area contributed by atoms with E-state index in [4.69, 9.17) is 0 Å². The van der Waals surface area contributed by atoms with Gasteiger partial charge in [0.05, 0.1) is 11.7 Å². The van der Waals surface area contributed by atoms with Gasteiger partial charge in [-0.3, -0.25) is 4.79 Å². The number of fused-ring (bicyclic) bond motifs is 3. The second-order valence-electron chi connectivity index (χ2n) is 6.91. The zero-order chi connectivity index (χ0) is 15.1. The largest absolute Gasteiger partial charge is 0.299 e. The van der Waals surface area contributed by atoms with Crippen molar-refractivity contribution in [2.24, 2.45) is 16.7 Å². The van der Waals surface area contributed by atoms with Crippen molar-refractivity contribution in [3.8, 4) is 0 Å². The lowest BCUT2D eigenvalue weighted by atomic mass is 9.70. The lowest BCUT2D eigenvalue weighted by molar-refractivity contribution is -0.128. The average Bonchev–Trinajstić information content (AvgIpc) is 2.81. The predicted octanol–water partition coefficient (Wildman–Crippen LogP) is 3.43. The molecule has 2 aromatic rings. The van der Waals surface area contributed by atoms with Crippen LogP contribution in [-0.2, 0) is 4.79 Å². The van der Waals surface area contributed by atoms with Crippen LogP contribution in [0, 0.1) is 16.7 Å². The van der Waals surface area contributed by atoms with Gasteiger partial charge in [0.15, 0.2) is 0 Å². The van der Waals surface area contributed by atoms with Crippen molar-refractivity contribution in [1.29, 1.82) is 0 Å². The Bertz CT molecular complexity index is 617. The van der Waals surface area contributed by atoms with E-state index < -0.39 is 0 Å². The third-order valence-corrected chi connectivity index (χ3v) is 5.82. The Kier molecular flexibility index (Phi) is 3.27. The fraction of sp³-hybridized carbons (Fsp3) is 0.529. The monoisotopic (exact) mass is 283 g/mol. The smallest absolute Gasteiger partial charge is 0.139 e. The summed E-state index contributed by atoms with van der Waals surface area (Å²) >= 11 is 0. The van der Waals surface area contributed by atoms with Crippen molar-refractivity contribution >= 4 is 16.7 Å². The van der Waals surface area contributed by atoms with E-state index in [0.717, 1.165) is 23.7 Å². The molecule has 4 nitrogen and oxygen atoms in total. The van der Waals surface area contributed by atoms with Crippen molar-refractivity contribution in [3.05, 3.63) is 30.5 Å². The Balaban J connectivity index is 0.000000126. The highest BCUT2D eigenvalue weighted by atomic mass is 16.1. The second-order valence-corrected chi connectivity index (χ2v) is 6.91. The zero-order valence-corrected chi connectivity index (χ0v) is 12.8. The molecule has 2 saturated carbocycles. The van der Waals surface area contributed by atoms with Gasteiger partial charge in [0, 0.05) is 17.2 Å². The van der Waals surface area contributed by atoms with Crippen molar-refractivity contribution in [1.82, 2.24) is 15.4 Å². The van der Waals surface area contributed by atoms with Gasteiger partial charge in [0.1, 0.15) is 5.78 Å². The lowest BCUT2D eigenvalue weighted by Gasteiger charge is -2.32. The summed E-state index contributed by atoms with van der Waals surface area (Å²) in [6.07, 6.45) is 4.95. The van der Waals surface area contributed by atoms with E-state index in [-0.39, 0.29) is 10.8 Å². The maximum atomic E-state index is 11.6. The van der Waals surface area contributed by atoms with E-state index in [0.29, 0.717) is 11.7 Å². The average molecular weight is 283 g/mol. The second kappa shape index (κ2) is 4.86. The van der Waals surface area contributed by atoms with Gasteiger partial charge in [0.25, 0.3) is 0 Å². The molecule has 1 heterocycles. The minimum atomic E-state index is 0.0255. The molecule has 0 aliphatic heterocycles. The fourth-order valence-corrected chi connectivity index (χ4v) is 3.75. The molecular formula is C17H21N3O. The Morgan fingerprint density at radius 3 is 2.48 bits per heavy atom. The first-order valence-electron chi connectivity index (χ1n) is 7.51. The Morgan fingerprint density at radius 1 is 1.19 bits per heavy atom. The zero-order valence-electron chi connectivity index (χ0n) is 12.8. The Hall–Kier alpha value is -1.84. The van der Waals surface area contributed by atoms with Gasteiger partial charge in [-0.05, 0) is 35.5 Å². The molecule has 0 N–H and O–H groups in total. The standard InChI is InChI=1S/C10H16O.C7H5N3/c1-9(2)7-4-5-10(9,3)8(11)6-7;1-2-4-7-6(3-1)5-8-10-9-7/h7H,4-6H2,1-3H3;1-5H. The van der Waals surface area contributed by atoms with E-state index in [9.17, 15) is 4.79 Å². The summed E-state index contributed by atoms with van der Waals surface area (Å²) in [4.78, 5) is 11.6. The molecule has 2 aliphatic rings. The molecule has 2 aliphatic carbocycles. The van der Waals surface area contributed by atoms with Crippen molar-refractivity contribution in [3.63, 3.8) is 0 Å². The number of benzene rings is 1. The molecule has 4 rings (SSSR count). The van der Waals surface area contributed by atoms with Crippen LogP contribution in [0.1, 0.15) is 40.0 Å². The van der Waals surface area contributed by atoms with Crippen molar-refractivity contribution in [2.75, 3.05) is 0 Å². The van der Waals surface area contributed by atoms with Gasteiger partial charge >= 0.3 is 0 Å². The van der Waals surface area contributed by atoms with Crippen LogP contribution in [0.2, 0.25) is 0 Å². The van der Waals surface area contributed by atoms with Gasteiger partial charge in [-0.25, -0.2) is 0 Å². The molecule has 0 radical (unpaired) electrons. The number of carbonyl (C=O) groups is 1. The molecule has 2 fully saturated rings. The maximum Gasteiger partial charge on any atom is 0.139 e. The van der Waals surface area contributed by atoms with E-state index in [1.807, 2.05) is 24.3 Å². The Labute approximate surface area is 125 Å². The Morgan fingerprint density at radius 2 is 1.95 bits per heavy atom. The minimum absolute atomic E-state index is 0.0255. The van der Waals surface area contributed by atoms with Gasteiger partial charge in [-0.2, -0.15) is 0 Å². The first-order chi connectivity index (χ1) is 9.95. The number of hydrogen-bond donors (Lipinski definition) is 0. The highest BCUT2D eigenvalue weighted by Gasteiger charge is 2.61. The molecule has 21 heavy (non-hydrogen) atoms. The van der Waals surface area contributed by atoms with Crippen molar-refractivity contribution < 1.29 is 4.79 Å². The SMILES string of the molecule is CC12CCC(CC1=O)C2(C)C.c1ccc2nnncc2c1. The summed E-state index contributed by atoms with van der Waals surface area (Å²) in [5, 5.41) is 12.0. The fourth-order valence-electron chi connectivity index (χ4n) is 3.75. The van der Waals surface area contributed by atoms with Crippen molar-refractivity contribution in [2.45, 2.75) is 40.0 Å². The maximum absolute atomic E-state index is 11.6. The number of aromatic nitrogens is 3. The predicted molar refractivity (Wildman–Crippen MR) is 81.6 cm³/mol. The molecule has 4 heteroatoms. The summed E-state index contributed by atoms with van der Waals surface area (Å²) in [5.74, 6) is 1.19. The molecule has 0 amide bonds. The van der Waals surface area contributed by atoms with Crippen LogP contribution >= 0.6 is 0 Å². The van der Waals surface area contributed by atoms with Crippen LogP contribution < -0.4 is 0 Å². The summed E-state index contributed by atoms with van der Waals surface area (Å²) in [6.45, 7) is 6.67. The summed E-state index contributed by atoms with van der Waals surface area (Å²) in [7, 11) is 0. The van der Waals surface area contributed by atoms with Gasteiger partial charge in [-0.1, -0.05) is 39.0 Å².